The van der Waals surface area contributed by atoms with Gasteiger partial charge in [-0.2, -0.15) is 0 Å². The van der Waals surface area contributed by atoms with Crippen molar-refractivity contribution in [3.63, 3.8) is 0 Å². The van der Waals surface area contributed by atoms with Gasteiger partial charge in [-0.1, -0.05) is 6.07 Å². The van der Waals surface area contributed by atoms with Crippen LogP contribution in [-0.4, -0.2) is 67.2 Å². The van der Waals surface area contributed by atoms with Crippen LogP contribution in [0.3, 0.4) is 0 Å². The first-order valence-corrected chi connectivity index (χ1v) is 11.7. The summed E-state index contributed by atoms with van der Waals surface area (Å²) in [6.07, 6.45) is 3.57. The van der Waals surface area contributed by atoms with E-state index in [2.05, 4.69) is 14.9 Å². The summed E-state index contributed by atoms with van der Waals surface area (Å²) >= 11 is 0. The minimum atomic E-state index is -3.62. The molecule has 1 saturated heterocycles. The van der Waals surface area contributed by atoms with Gasteiger partial charge in [-0.15, -0.1) is 10.2 Å². The molecular formula is C21H25N5O4S. The van der Waals surface area contributed by atoms with Gasteiger partial charge in [-0.05, 0) is 49.2 Å². The first-order chi connectivity index (χ1) is 15.0. The molecule has 0 aliphatic carbocycles. The number of ether oxygens (including phenoxy) is 1. The van der Waals surface area contributed by atoms with E-state index < -0.39 is 10.0 Å². The lowest BCUT2D eigenvalue weighted by molar-refractivity contribution is 0.0710. The lowest BCUT2D eigenvalue weighted by Gasteiger charge is -2.31. The Labute approximate surface area is 181 Å². The number of nitrogens with zero attached hydrogens (tertiary/aromatic N) is 4. The van der Waals surface area contributed by atoms with Crippen LogP contribution in [0.1, 0.15) is 34.9 Å². The third kappa shape index (κ3) is 4.60. The largest absolute Gasteiger partial charge is 0.383 e. The quantitative estimate of drug-likeness (QED) is 0.557. The van der Waals surface area contributed by atoms with E-state index in [1.54, 1.807) is 17.0 Å². The summed E-state index contributed by atoms with van der Waals surface area (Å²) in [6.45, 7) is 1.71. The Hall–Kier alpha value is -2.82. The zero-order valence-corrected chi connectivity index (χ0v) is 18.1. The normalized spacial score (nSPS) is 15.5. The van der Waals surface area contributed by atoms with Crippen molar-refractivity contribution in [2.75, 3.05) is 33.4 Å². The Bertz CT molecular complexity index is 1150. The number of likely N-dealkylation sites (tertiary alicyclic amines) is 1. The van der Waals surface area contributed by atoms with Crippen LogP contribution in [0.5, 0.6) is 0 Å². The SMILES string of the molecule is COCCNS(=O)(=O)c1ccc(C(=O)N2CCC(c3nnc4ccccn34)CC2)cc1. The maximum Gasteiger partial charge on any atom is 0.253 e. The Morgan fingerprint density at radius 2 is 1.87 bits per heavy atom. The van der Waals surface area contributed by atoms with Crippen molar-refractivity contribution in [1.82, 2.24) is 24.2 Å². The molecule has 9 nitrogen and oxygen atoms in total. The summed E-state index contributed by atoms with van der Waals surface area (Å²) in [5.41, 5.74) is 1.30. The molecule has 3 heterocycles. The molecule has 2 aromatic heterocycles. The van der Waals surface area contributed by atoms with Gasteiger partial charge in [0.1, 0.15) is 5.82 Å². The van der Waals surface area contributed by atoms with Crippen molar-refractivity contribution >= 4 is 21.6 Å². The summed E-state index contributed by atoms with van der Waals surface area (Å²) in [5, 5.41) is 8.56. The van der Waals surface area contributed by atoms with Crippen LogP contribution in [-0.2, 0) is 14.8 Å². The van der Waals surface area contributed by atoms with Gasteiger partial charge < -0.3 is 9.64 Å². The maximum absolute atomic E-state index is 12.9. The highest BCUT2D eigenvalue weighted by Crippen LogP contribution is 2.28. The van der Waals surface area contributed by atoms with E-state index in [9.17, 15) is 13.2 Å². The highest BCUT2D eigenvalue weighted by atomic mass is 32.2. The Morgan fingerprint density at radius 1 is 1.13 bits per heavy atom. The number of piperidine rings is 1. The molecule has 4 rings (SSSR count). The molecule has 1 aliphatic heterocycles. The fourth-order valence-corrected chi connectivity index (χ4v) is 4.81. The number of sulfonamides is 1. The average Bonchev–Trinajstić information content (AvgIpc) is 3.23. The van der Waals surface area contributed by atoms with E-state index in [0.717, 1.165) is 24.3 Å². The molecule has 1 amide bonds. The fourth-order valence-electron chi connectivity index (χ4n) is 3.80. The maximum atomic E-state index is 12.9. The number of rotatable bonds is 7. The predicted molar refractivity (Wildman–Crippen MR) is 114 cm³/mol. The third-order valence-electron chi connectivity index (χ3n) is 5.50. The number of fused-ring (bicyclic) bond motifs is 1. The van der Waals surface area contributed by atoms with Crippen LogP contribution < -0.4 is 4.72 Å². The summed E-state index contributed by atoms with van der Waals surface area (Å²) < 4.78 is 33.8. The van der Waals surface area contributed by atoms with Crippen LogP contribution >= 0.6 is 0 Å². The second-order valence-corrected chi connectivity index (χ2v) is 9.24. The first kappa shape index (κ1) is 21.4. The molecule has 0 atom stereocenters. The number of methoxy groups -OCH3 is 1. The molecule has 0 bridgehead atoms. The van der Waals surface area contributed by atoms with E-state index in [-0.39, 0.29) is 29.9 Å². The van der Waals surface area contributed by atoms with E-state index in [1.807, 2.05) is 28.8 Å². The van der Waals surface area contributed by atoms with Gasteiger partial charge in [0.05, 0.1) is 11.5 Å². The van der Waals surface area contributed by atoms with Crippen LogP contribution in [0.15, 0.2) is 53.6 Å². The summed E-state index contributed by atoms with van der Waals surface area (Å²) in [7, 11) is -2.11. The lowest BCUT2D eigenvalue weighted by Crippen LogP contribution is -2.38. The van der Waals surface area contributed by atoms with Crippen LogP contribution in [0.25, 0.3) is 5.65 Å². The second-order valence-electron chi connectivity index (χ2n) is 7.47. The number of amides is 1. The van der Waals surface area contributed by atoms with Gasteiger partial charge in [0.2, 0.25) is 10.0 Å². The molecule has 0 spiro atoms. The zero-order valence-electron chi connectivity index (χ0n) is 17.3. The topological polar surface area (TPSA) is 106 Å². The number of nitrogens with one attached hydrogen (secondary N) is 1. The number of hydrogen-bond acceptors (Lipinski definition) is 6. The molecule has 0 unspecified atom stereocenters. The fraction of sp³-hybridized carbons (Fsp3) is 0.381. The van der Waals surface area contributed by atoms with Crippen molar-refractivity contribution < 1.29 is 17.9 Å². The van der Waals surface area contributed by atoms with Crippen LogP contribution in [0, 0.1) is 0 Å². The molecule has 31 heavy (non-hydrogen) atoms. The standard InChI is InChI=1S/C21H25N5O4S/c1-30-15-11-22-31(28,29)18-7-5-17(6-8-18)21(27)25-13-9-16(10-14-25)20-24-23-19-4-2-3-12-26(19)20/h2-8,12,16,22H,9-11,13-15H2,1H3. The predicted octanol–water partition coefficient (Wildman–Crippen LogP) is 1.67. The Balaban J connectivity index is 1.38. The smallest absolute Gasteiger partial charge is 0.253 e. The highest BCUT2D eigenvalue weighted by Gasteiger charge is 2.27. The molecule has 10 heteroatoms. The van der Waals surface area contributed by atoms with Crippen molar-refractivity contribution in [3.8, 4) is 0 Å². The molecule has 0 saturated carbocycles. The van der Waals surface area contributed by atoms with Gasteiger partial charge in [0.15, 0.2) is 5.65 Å². The minimum absolute atomic E-state index is 0.0964. The van der Waals surface area contributed by atoms with Crippen LogP contribution in [0.2, 0.25) is 0 Å². The van der Waals surface area contributed by atoms with Gasteiger partial charge in [0.25, 0.3) is 5.91 Å². The van der Waals surface area contributed by atoms with E-state index in [1.165, 1.54) is 19.2 Å². The van der Waals surface area contributed by atoms with Gasteiger partial charge >= 0.3 is 0 Å². The lowest BCUT2D eigenvalue weighted by atomic mass is 9.95. The summed E-state index contributed by atoms with van der Waals surface area (Å²) in [5.74, 6) is 1.08. The number of aromatic nitrogens is 3. The molecule has 3 aromatic rings. The molecule has 0 radical (unpaired) electrons. The molecular weight excluding hydrogens is 418 g/mol. The monoisotopic (exact) mass is 443 g/mol. The van der Waals surface area contributed by atoms with E-state index >= 15 is 0 Å². The van der Waals surface area contributed by atoms with Crippen molar-refractivity contribution in [2.45, 2.75) is 23.7 Å². The van der Waals surface area contributed by atoms with Crippen molar-refractivity contribution in [3.05, 3.63) is 60.0 Å². The van der Waals surface area contributed by atoms with Crippen molar-refractivity contribution in [1.29, 1.82) is 0 Å². The van der Waals surface area contributed by atoms with E-state index in [4.69, 9.17) is 4.74 Å². The second kappa shape index (κ2) is 9.13. The number of pyridine rings is 1. The highest BCUT2D eigenvalue weighted by molar-refractivity contribution is 7.89. The molecule has 1 N–H and O–H groups in total. The number of carbonyl (C=O) groups is 1. The summed E-state index contributed by atoms with van der Waals surface area (Å²) in [6, 6.07) is 11.8. The van der Waals surface area contributed by atoms with Gasteiger partial charge in [-0.25, -0.2) is 13.1 Å². The number of hydrogen-bond donors (Lipinski definition) is 1. The zero-order chi connectivity index (χ0) is 21.8. The third-order valence-corrected chi connectivity index (χ3v) is 6.97. The average molecular weight is 444 g/mol. The molecule has 164 valence electrons. The number of carbonyl (C=O) groups excluding carboxylic acids is 1. The minimum Gasteiger partial charge on any atom is -0.383 e. The first-order valence-electron chi connectivity index (χ1n) is 10.2. The Morgan fingerprint density at radius 3 is 2.58 bits per heavy atom. The Kier molecular flexibility index (Phi) is 6.30. The van der Waals surface area contributed by atoms with E-state index in [0.29, 0.717) is 18.7 Å². The summed E-state index contributed by atoms with van der Waals surface area (Å²) in [4.78, 5) is 14.8. The molecule has 1 aromatic carbocycles. The van der Waals surface area contributed by atoms with Crippen LogP contribution in [0.4, 0.5) is 0 Å². The van der Waals surface area contributed by atoms with Crippen molar-refractivity contribution in [2.24, 2.45) is 0 Å². The molecule has 1 aliphatic rings. The van der Waals surface area contributed by atoms with Gasteiger partial charge in [-0.3, -0.25) is 9.20 Å². The molecule has 1 fully saturated rings. The van der Waals surface area contributed by atoms with Gasteiger partial charge in [0, 0.05) is 44.4 Å². The number of benzene rings is 1.